The van der Waals surface area contributed by atoms with E-state index >= 15 is 0 Å². The van der Waals surface area contributed by atoms with E-state index in [0.717, 1.165) is 65.9 Å². The molecule has 3 heterocycles. The molecule has 3 aromatic rings. The zero-order valence-corrected chi connectivity index (χ0v) is 15.5. The van der Waals surface area contributed by atoms with Crippen molar-refractivity contribution in [1.29, 1.82) is 0 Å². The van der Waals surface area contributed by atoms with Gasteiger partial charge in [0.05, 0.1) is 22.4 Å². The molecule has 2 aliphatic heterocycles. The number of aliphatic imine (C=N–C) groups is 1. The minimum atomic E-state index is 0.513. The summed E-state index contributed by atoms with van der Waals surface area (Å²) in [6, 6.07) is 12.7. The number of nitrogens with zero attached hydrogens (tertiary/aromatic N) is 4. The molecule has 0 unspecified atom stereocenters. The van der Waals surface area contributed by atoms with Crippen molar-refractivity contribution in [2.24, 2.45) is 10.7 Å². The van der Waals surface area contributed by atoms with Gasteiger partial charge in [-0.2, -0.15) is 0 Å². The highest BCUT2D eigenvalue weighted by atomic mass is 15.1. The number of hydrogen-bond donors (Lipinski definition) is 1. The molecule has 0 radical (unpaired) electrons. The van der Waals surface area contributed by atoms with Gasteiger partial charge < -0.3 is 10.6 Å². The van der Waals surface area contributed by atoms with Crippen LogP contribution in [0.2, 0.25) is 0 Å². The predicted molar refractivity (Wildman–Crippen MR) is 109 cm³/mol. The fourth-order valence-corrected chi connectivity index (χ4v) is 4.09. The molecule has 27 heavy (non-hydrogen) atoms. The molecule has 2 N–H and O–H groups in total. The molecule has 5 nitrogen and oxygen atoms in total. The topological polar surface area (TPSA) is 67.4 Å². The Labute approximate surface area is 159 Å². The van der Waals surface area contributed by atoms with E-state index < -0.39 is 0 Å². The van der Waals surface area contributed by atoms with E-state index in [1.165, 1.54) is 5.56 Å². The standard InChI is InChI=1S/C22H23N5/c1-27-8-6-14(7-9-27)21-13-24-18-5-4-16(11-20(18)25-21)15-2-3-17-12-22(23)26-19(17)10-15/h2-5,10-11,13-14H,6-9,12H2,1H3,(H2,23,26). The molecule has 1 fully saturated rings. The Morgan fingerprint density at radius 2 is 1.78 bits per heavy atom. The molecule has 1 aromatic heterocycles. The second kappa shape index (κ2) is 6.43. The minimum absolute atomic E-state index is 0.513. The van der Waals surface area contributed by atoms with Gasteiger partial charge >= 0.3 is 0 Å². The van der Waals surface area contributed by atoms with Crippen LogP contribution in [0.1, 0.15) is 30.0 Å². The molecule has 1 saturated heterocycles. The van der Waals surface area contributed by atoms with Crippen molar-refractivity contribution in [1.82, 2.24) is 14.9 Å². The van der Waals surface area contributed by atoms with Gasteiger partial charge in [0.15, 0.2) is 0 Å². The van der Waals surface area contributed by atoms with Gasteiger partial charge in [0.25, 0.3) is 0 Å². The van der Waals surface area contributed by atoms with Gasteiger partial charge in [0.2, 0.25) is 0 Å². The zero-order chi connectivity index (χ0) is 18.4. The summed E-state index contributed by atoms with van der Waals surface area (Å²) in [5, 5.41) is 0. The van der Waals surface area contributed by atoms with Crippen molar-refractivity contribution in [3.05, 3.63) is 53.9 Å². The summed E-state index contributed by atoms with van der Waals surface area (Å²) in [7, 11) is 2.18. The normalized spacial score (nSPS) is 17.9. The molecule has 5 rings (SSSR count). The van der Waals surface area contributed by atoms with Gasteiger partial charge in [-0.1, -0.05) is 18.2 Å². The number of benzene rings is 2. The molecule has 0 aliphatic carbocycles. The summed E-state index contributed by atoms with van der Waals surface area (Å²) < 4.78 is 0. The van der Waals surface area contributed by atoms with Gasteiger partial charge in [-0.3, -0.25) is 4.98 Å². The van der Waals surface area contributed by atoms with Gasteiger partial charge in [-0.05, 0) is 67.9 Å². The number of aromatic nitrogens is 2. The van der Waals surface area contributed by atoms with Crippen LogP contribution in [0.5, 0.6) is 0 Å². The lowest BCUT2D eigenvalue weighted by atomic mass is 9.94. The van der Waals surface area contributed by atoms with E-state index in [4.69, 9.17) is 10.7 Å². The van der Waals surface area contributed by atoms with Crippen LogP contribution in [0.25, 0.3) is 22.2 Å². The Hall–Kier alpha value is -2.79. The highest BCUT2D eigenvalue weighted by Crippen LogP contribution is 2.33. The number of hydrogen-bond acceptors (Lipinski definition) is 5. The maximum Gasteiger partial charge on any atom is 0.104 e. The molecule has 0 bridgehead atoms. The van der Waals surface area contributed by atoms with Crippen LogP contribution < -0.4 is 5.73 Å². The van der Waals surface area contributed by atoms with Crippen molar-refractivity contribution >= 4 is 22.6 Å². The quantitative estimate of drug-likeness (QED) is 0.760. The average molecular weight is 357 g/mol. The second-order valence-electron chi connectivity index (χ2n) is 7.70. The molecule has 2 aromatic carbocycles. The number of nitrogens with two attached hydrogens (primary N) is 1. The highest BCUT2D eigenvalue weighted by Gasteiger charge is 2.20. The molecular formula is C22H23N5. The van der Waals surface area contributed by atoms with Crippen molar-refractivity contribution in [3.8, 4) is 11.1 Å². The van der Waals surface area contributed by atoms with Gasteiger partial charge in [0.1, 0.15) is 5.84 Å². The molecule has 136 valence electrons. The number of rotatable bonds is 2. The molecule has 5 heteroatoms. The van der Waals surface area contributed by atoms with Gasteiger partial charge in [-0.15, -0.1) is 0 Å². The largest absolute Gasteiger partial charge is 0.387 e. The van der Waals surface area contributed by atoms with Crippen LogP contribution in [-0.2, 0) is 6.42 Å². The Morgan fingerprint density at radius 3 is 2.63 bits per heavy atom. The van der Waals surface area contributed by atoms with Crippen molar-refractivity contribution < 1.29 is 0 Å². The van der Waals surface area contributed by atoms with E-state index in [0.29, 0.717) is 11.8 Å². The molecule has 2 aliphatic rings. The fraction of sp³-hybridized carbons (Fsp3) is 0.318. The van der Waals surface area contributed by atoms with Gasteiger partial charge in [0, 0.05) is 18.5 Å². The first kappa shape index (κ1) is 16.4. The number of fused-ring (bicyclic) bond motifs is 2. The molecule has 0 spiro atoms. The lowest BCUT2D eigenvalue weighted by molar-refractivity contribution is 0.253. The van der Waals surface area contributed by atoms with Crippen LogP contribution in [0.3, 0.4) is 0 Å². The Kier molecular flexibility index (Phi) is 3.90. The lowest BCUT2D eigenvalue weighted by Crippen LogP contribution is -2.29. The predicted octanol–water partition coefficient (Wildman–Crippen LogP) is 3.65. The maximum atomic E-state index is 5.87. The average Bonchev–Trinajstić information content (AvgIpc) is 3.07. The summed E-state index contributed by atoms with van der Waals surface area (Å²) in [5.41, 5.74) is 13.4. The second-order valence-corrected chi connectivity index (χ2v) is 7.70. The number of amidine groups is 1. The molecule has 0 amide bonds. The van der Waals surface area contributed by atoms with E-state index in [9.17, 15) is 0 Å². The van der Waals surface area contributed by atoms with E-state index in [1.807, 2.05) is 6.20 Å². The Balaban J connectivity index is 1.50. The third kappa shape index (κ3) is 3.08. The smallest absolute Gasteiger partial charge is 0.104 e. The lowest BCUT2D eigenvalue weighted by Gasteiger charge is -2.28. The summed E-state index contributed by atoms with van der Waals surface area (Å²) in [4.78, 5) is 16.5. The van der Waals surface area contributed by atoms with Crippen LogP contribution >= 0.6 is 0 Å². The van der Waals surface area contributed by atoms with Crippen molar-refractivity contribution in [3.63, 3.8) is 0 Å². The monoisotopic (exact) mass is 357 g/mol. The van der Waals surface area contributed by atoms with E-state index in [1.54, 1.807) is 0 Å². The molecule has 0 atom stereocenters. The third-order valence-electron chi connectivity index (χ3n) is 5.75. The van der Waals surface area contributed by atoms with E-state index in [2.05, 4.69) is 58.3 Å². The van der Waals surface area contributed by atoms with Gasteiger partial charge in [-0.25, -0.2) is 9.98 Å². The number of likely N-dealkylation sites (tertiary alicyclic amines) is 1. The number of piperidine rings is 1. The van der Waals surface area contributed by atoms with Crippen LogP contribution in [0.15, 0.2) is 47.6 Å². The maximum absolute atomic E-state index is 5.87. The molecular weight excluding hydrogens is 334 g/mol. The first-order valence-corrected chi connectivity index (χ1v) is 9.57. The third-order valence-corrected chi connectivity index (χ3v) is 5.75. The summed E-state index contributed by atoms with van der Waals surface area (Å²) in [6.45, 7) is 2.26. The summed E-state index contributed by atoms with van der Waals surface area (Å²) in [6.07, 6.45) is 5.02. The zero-order valence-electron chi connectivity index (χ0n) is 15.5. The first-order chi connectivity index (χ1) is 13.2. The first-order valence-electron chi connectivity index (χ1n) is 9.57. The van der Waals surface area contributed by atoms with E-state index in [-0.39, 0.29) is 0 Å². The van der Waals surface area contributed by atoms with Crippen LogP contribution in [-0.4, -0.2) is 40.8 Å². The highest BCUT2D eigenvalue weighted by molar-refractivity contribution is 5.92. The van der Waals surface area contributed by atoms with Crippen molar-refractivity contribution in [2.45, 2.75) is 25.2 Å². The molecule has 0 saturated carbocycles. The SMILES string of the molecule is CN1CCC(c2cnc3ccc(-c4ccc5c(c4)N=C(N)C5)cc3n2)CC1. The summed E-state index contributed by atoms with van der Waals surface area (Å²) in [5.74, 6) is 1.20. The Bertz CT molecular complexity index is 1050. The minimum Gasteiger partial charge on any atom is -0.387 e. The summed E-state index contributed by atoms with van der Waals surface area (Å²) >= 11 is 0. The van der Waals surface area contributed by atoms with Crippen LogP contribution in [0, 0.1) is 0 Å². The van der Waals surface area contributed by atoms with Crippen LogP contribution in [0.4, 0.5) is 5.69 Å². The van der Waals surface area contributed by atoms with Crippen molar-refractivity contribution in [2.75, 3.05) is 20.1 Å². The Morgan fingerprint density at radius 1 is 1.00 bits per heavy atom. The fourth-order valence-electron chi connectivity index (χ4n) is 4.09.